The fraction of sp³-hybridized carbons (Fsp3) is 0.357. The number of sulfonamides is 1. The molecule has 0 aliphatic carbocycles. The number of halogens is 1. The predicted molar refractivity (Wildman–Crippen MR) is 150 cm³/mol. The molecule has 2 aromatic rings. The van der Waals surface area contributed by atoms with Crippen LogP contribution in [0.2, 0.25) is 0 Å². The van der Waals surface area contributed by atoms with Crippen LogP contribution in [0.3, 0.4) is 0 Å². The summed E-state index contributed by atoms with van der Waals surface area (Å²) in [6, 6.07) is 9.70. The van der Waals surface area contributed by atoms with Crippen LogP contribution >= 0.6 is 11.8 Å². The number of unbranched alkanes of at least 4 members (excludes halogenated alkanes) is 5. The van der Waals surface area contributed by atoms with Gasteiger partial charge in [0.05, 0.1) is 23.5 Å². The summed E-state index contributed by atoms with van der Waals surface area (Å²) in [6.45, 7) is 6.48. The van der Waals surface area contributed by atoms with Gasteiger partial charge in [-0.2, -0.15) is 8.42 Å². The highest BCUT2D eigenvalue weighted by atomic mass is 32.2. The highest BCUT2D eigenvalue weighted by Gasteiger charge is 2.34. The minimum atomic E-state index is -4.16. The standard InChI is InChI=1S/C28H33FN2O5S2/c1-4-6-7-8-9-10-18-36-25-19-21(11-16-24(25)35-3)20-26-27(32)31(17-5-2)28(37-26)30-38(33,34)23-14-12-22(29)13-15-23/h5,11-16,19-20H,2,4,6-10,17-18H2,1,3H3. The largest absolute Gasteiger partial charge is 0.493 e. The number of amides is 1. The molecule has 204 valence electrons. The van der Waals surface area contributed by atoms with Crippen molar-refractivity contribution in [2.45, 2.75) is 50.3 Å². The second kappa shape index (κ2) is 14.2. The predicted octanol–water partition coefficient (Wildman–Crippen LogP) is 6.42. The van der Waals surface area contributed by atoms with Crippen LogP contribution in [0.5, 0.6) is 11.5 Å². The van der Waals surface area contributed by atoms with Crippen molar-refractivity contribution in [1.29, 1.82) is 0 Å². The van der Waals surface area contributed by atoms with Crippen molar-refractivity contribution < 1.29 is 27.1 Å². The molecule has 1 heterocycles. The molecule has 7 nitrogen and oxygen atoms in total. The Morgan fingerprint density at radius 1 is 1.05 bits per heavy atom. The van der Waals surface area contributed by atoms with Crippen molar-refractivity contribution in [2.24, 2.45) is 4.40 Å². The zero-order valence-corrected chi connectivity index (χ0v) is 23.3. The monoisotopic (exact) mass is 560 g/mol. The van der Waals surface area contributed by atoms with Gasteiger partial charge in [0, 0.05) is 6.54 Å². The Labute approximate surface area is 228 Å². The van der Waals surface area contributed by atoms with Gasteiger partial charge in [-0.05, 0) is 66.2 Å². The van der Waals surface area contributed by atoms with E-state index < -0.39 is 21.7 Å². The summed E-state index contributed by atoms with van der Waals surface area (Å²) in [6.07, 6.45) is 10.0. The molecule has 38 heavy (non-hydrogen) atoms. The third kappa shape index (κ3) is 7.94. The summed E-state index contributed by atoms with van der Waals surface area (Å²) in [4.78, 5) is 14.5. The van der Waals surface area contributed by atoms with Crippen LogP contribution in [0.1, 0.15) is 51.0 Å². The minimum Gasteiger partial charge on any atom is -0.493 e. The summed E-state index contributed by atoms with van der Waals surface area (Å²) < 4.78 is 54.1. The molecular weight excluding hydrogens is 527 g/mol. The van der Waals surface area contributed by atoms with Crippen LogP contribution in [0.4, 0.5) is 4.39 Å². The normalized spacial score (nSPS) is 15.9. The van der Waals surface area contributed by atoms with E-state index in [0.717, 1.165) is 48.9 Å². The lowest BCUT2D eigenvalue weighted by Gasteiger charge is -2.12. The number of amidine groups is 1. The maximum Gasteiger partial charge on any atom is 0.284 e. The van der Waals surface area contributed by atoms with Gasteiger partial charge in [-0.1, -0.05) is 51.2 Å². The van der Waals surface area contributed by atoms with Crippen molar-refractivity contribution in [2.75, 3.05) is 20.3 Å². The quantitative estimate of drug-likeness (QED) is 0.151. The van der Waals surface area contributed by atoms with Crippen LogP contribution in [-0.4, -0.2) is 44.7 Å². The van der Waals surface area contributed by atoms with Gasteiger partial charge in [0.15, 0.2) is 16.7 Å². The molecule has 0 atom stereocenters. The fourth-order valence-electron chi connectivity index (χ4n) is 3.74. The lowest BCUT2D eigenvalue weighted by atomic mass is 10.1. The molecule has 1 saturated heterocycles. The zero-order valence-electron chi connectivity index (χ0n) is 21.7. The molecule has 10 heteroatoms. The van der Waals surface area contributed by atoms with E-state index in [1.54, 1.807) is 31.4 Å². The smallest absolute Gasteiger partial charge is 0.284 e. The Bertz CT molecular complexity index is 1290. The third-order valence-corrected chi connectivity index (χ3v) is 8.15. The van der Waals surface area contributed by atoms with E-state index >= 15 is 0 Å². The first-order valence-corrected chi connectivity index (χ1v) is 14.8. The van der Waals surface area contributed by atoms with Crippen LogP contribution in [-0.2, 0) is 14.8 Å². The van der Waals surface area contributed by atoms with Gasteiger partial charge in [-0.15, -0.1) is 11.0 Å². The van der Waals surface area contributed by atoms with E-state index in [2.05, 4.69) is 17.9 Å². The molecule has 3 rings (SSSR count). The van der Waals surface area contributed by atoms with Crippen molar-refractivity contribution in [3.63, 3.8) is 0 Å². The number of rotatable bonds is 14. The molecule has 1 aliphatic heterocycles. The molecule has 0 radical (unpaired) electrons. The Morgan fingerprint density at radius 3 is 2.45 bits per heavy atom. The minimum absolute atomic E-state index is 0.00136. The molecule has 0 spiro atoms. The highest BCUT2D eigenvalue weighted by Crippen LogP contribution is 2.35. The van der Waals surface area contributed by atoms with Crippen LogP contribution in [0.25, 0.3) is 6.08 Å². The molecule has 0 saturated carbocycles. The topological polar surface area (TPSA) is 85.3 Å². The number of hydrogen-bond donors (Lipinski definition) is 0. The number of carbonyl (C=O) groups is 1. The number of ether oxygens (including phenoxy) is 2. The van der Waals surface area contributed by atoms with Gasteiger partial charge in [0.1, 0.15) is 5.82 Å². The Balaban J connectivity index is 1.80. The highest BCUT2D eigenvalue weighted by molar-refractivity contribution is 8.19. The summed E-state index contributed by atoms with van der Waals surface area (Å²) in [5.41, 5.74) is 0.695. The van der Waals surface area contributed by atoms with Crippen LogP contribution in [0, 0.1) is 5.82 Å². The molecule has 1 aliphatic rings. The van der Waals surface area contributed by atoms with Gasteiger partial charge in [0.2, 0.25) is 0 Å². The fourth-order valence-corrected chi connectivity index (χ4v) is 5.93. The SMILES string of the molecule is C=CCN1C(=O)C(=Cc2ccc(OC)c(OCCCCCCCC)c2)SC1=NS(=O)(=O)c1ccc(F)cc1. The number of benzene rings is 2. The average Bonchev–Trinajstić information content (AvgIpc) is 3.17. The van der Waals surface area contributed by atoms with Crippen LogP contribution in [0.15, 0.2) is 69.3 Å². The summed E-state index contributed by atoms with van der Waals surface area (Å²) in [5.74, 6) is 0.203. The molecule has 1 amide bonds. The van der Waals surface area contributed by atoms with Crippen molar-refractivity contribution in [3.8, 4) is 11.5 Å². The second-order valence-corrected chi connectivity index (χ2v) is 11.3. The van der Waals surface area contributed by atoms with E-state index in [9.17, 15) is 17.6 Å². The van der Waals surface area contributed by atoms with Crippen molar-refractivity contribution >= 4 is 38.9 Å². The number of thioether (sulfide) groups is 1. The van der Waals surface area contributed by atoms with Crippen LogP contribution < -0.4 is 9.47 Å². The molecule has 0 aromatic heterocycles. The first kappa shape index (κ1) is 29.4. The second-order valence-electron chi connectivity index (χ2n) is 8.64. The molecule has 0 unspecified atom stereocenters. The summed E-state index contributed by atoms with van der Waals surface area (Å²) in [5, 5.41) is -0.00136. The van der Waals surface area contributed by atoms with Gasteiger partial charge in [-0.3, -0.25) is 9.69 Å². The van der Waals surface area contributed by atoms with Gasteiger partial charge >= 0.3 is 0 Å². The van der Waals surface area contributed by atoms with E-state index in [1.807, 2.05) is 0 Å². The van der Waals surface area contributed by atoms with Crippen molar-refractivity contribution in [1.82, 2.24) is 4.90 Å². The first-order chi connectivity index (χ1) is 18.3. The molecule has 1 fully saturated rings. The molecule has 2 aromatic carbocycles. The Hall–Kier alpha value is -3.11. The first-order valence-electron chi connectivity index (χ1n) is 12.5. The van der Waals surface area contributed by atoms with E-state index in [0.29, 0.717) is 28.6 Å². The number of methoxy groups -OCH3 is 1. The maximum atomic E-state index is 13.2. The Kier molecular flexibility index (Phi) is 11.0. The van der Waals surface area contributed by atoms with E-state index in [1.165, 1.54) is 36.7 Å². The van der Waals surface area contributed by atoms with Gasteiger partial charge in [-0.25, -0.2) is 4.39 Å². The number of hydrogen-bond acceptors (Lipinski definition) is 6. The summed E-state index contributed by atoms with van der Waals surface area (Å²) in [7, 11) is -2.59. The number of nitrogens with zero attached hydrogens (tertiary/aromatic N) is 2. The van der Waals surface area contributed by atoms with E-state index in [4.69, 9.17) is 9.47 Å². The molecular formula is C28H33FN2O5S2. The summed E-state index contributed by atoms with van der Waals surface area (Å²) >= 11 is 0.947. The average molecular weight is 561 g/mol. The van der Waals surface area contributed by atoms with Gasteiger partial charge < -0.3 is 9.47 Å². The Morgan fingerprint density at radius 2 is 1.76 bits per heavy atom. The molecule has 0 N–H and O–H groups in total. The maximum absolute atomic E-state index is 13.2. The molecule has 0 bridgehead atoms. The zero-order chi connectivity index (χ0) is 27.5. The van der Waals surface area contributed by atoms with Gasteiger partial charge in [0.25, 0.3) is 15.9 Å². The third-order valence-electron chi connectivity index (χ3n) is 5.75. The lowest BCUT2D eigenvalue weighted by molar-refractivity contribution is -0.121. The lowest BCUT2D eigenvalue weighted by Crippen LogP contribution is -2.29. The van der Waals surface area contributed by atoms with E-state index in [-0.39, 0.29) is 16.6 Å². The van der Waals surface area contributed by atoms with Crippen molar-refractivity contribution in [3.05, 3.63) is 71.4 Å². The number of carbonyl (C=O) groups excluding carboxylic acids is 1.